The lowest BCUT2D eigenvalue weighted by molar-refractivity contribution is -0.141. The molecule has 7 rings (SSSR count). The van der Waals surface area contributed by atoms with Crippen LogP contribution in [-0.4, -0.2) is 27.1 Å². The van der Waals surface area contributed by atoms with E-state index in [4.69, 9.17) is 18.0 Å². The number of aryl methyl sites for hydroxylation is 1. The van der Waals surface area contributed by atoms with Crippen LogP contribution in [0, 0.1) is 36.5 Å². The molecule has 0 saturated heterocycles. The summed E-state index contributed by atoms with van der Waals surface area (Å²) in [6.45, 7) is 9.03. The van der Waals surface area contributed by atoms with Crippen molar-refractivity contribution in [2.45, 2.75) is 58.5 Å². The van der Waals surface area contributed by atoms with Crippen LogP contribution >= 0.6 is 11.6 Å². The summed E-state index contributed by atoms with van der Waals surface area (Å²) in [7, 11) is 0. The average molecular weight is 546 g/mol. The fraction of sp³-hybridized carbons (Fsp3) is 0.400. The molecule has 2 bridgehead atoms. The van der Waals surface area contributed by atoms with Gasteiger partial charge in [0.2, 0.25) is 5.95 Å². The number of fused-ring (bicyclic) bond motifs is 1. The molecule has 2 aromatic heterocycles. The number of hydrogen-bond donors (Lipinski definition) is 4. The van der Waals surface area contributed by atoms with Gasteiger partial charge in [-0.15, -0.1) is 12.0 Å². The summed E-state index contributed by atoms with van der Waals surface area (Å²) < 4.78 is 14.0. The molecule has 0 unspecified atom stereocenters. The van der Waals surface area contributed by atoms with Gasteiger partial charge in [0, 0.05) is 41.3 Å². The first kappa shape index (κ1) is 25.7. The first-order chi connectivity index (χ1) is 18.5. The van der Waals surface area contributed by atoms with Crippen LogP contribution < -0.4 is 21.6 Å². The number of hydrogen-bond acceptors (Lipinski definition) is 7. The Balaban J connectivity index is 1.40. The van der Waals surface area contributed by atoms with E-state index in [1.54, 1.807) is 12.3 Å². The lowest BCUT2D eigenvalue weighted by Gasteiger charge is -2.64. The van der Waals surface area contributed by atoms with Gasteiger partial charge in [0.1, 0.15) is 0 Å². The van der Waals surface area contributed by atoms with Crippen LogP contribution in [0.1, 0.15) is 62.9 Å². The molecule has 0 amide bonds. The molecule has 3 heterocycles. The molecule has 1 aromatic carbocycles. The molecule has 7 nitrogen and oxygen atoms in total. The largest absolute Gasteiger partial charge is 0.383 e. The molecule has 4 N–H and O–H groups in total. The molecule has 0 spiro atoms. The number of hydrazine groups is 2. The Morgan fingerprint density at radius 2 is 2.05 bits per heavy atom. The number of halogens is 2. The summed E-state index contributed by atoms with van der Waals surface area (Å²) in [6, 6.07) is 6.70. The normalized spacial score (nSPS) is 22.3. The number of aromatic nitrogens is 2. The Labute approximate surface area is 233 Å². The van der Waals surface area contributed by atoms with Gasteiger partial charge in [0.25, 0.3) is 0 Å². The first-order valence-electron chi connectivity index (χ1n) is 13.3. The molecular weight excluding hydrogens is 513 g/mol. The van der Waals surface area contributed by atoms with Gasteiger partial charge in [-0.05, 0) is 55.7 Å². The van der Waals surface area contributed by atoms with E-state index < -0.39 is 5.95 Å². The van der Waals surface area contributed by atoms with Gasteiger partial charge in [-0.2, -0.15) is 4.39 Å². The molecule has 1 aliphatic heterocycles. The van der Waals surface area contributed by atoms with E-state index in [-0.39, 0.29) is 17.0 Å². The lowest BCUT2D eigenvalue weighted by Crippen LogP contribution is -2.69. The number of rotatable bonds is 7. The minimum absolute atomic E-state index is 0.0409. The third kappa shape index (κ3) is 4.64. The second-order valence-corrected chi connectivity index (χ2v) is 12.6. The molecule has 3 aromatic rings. The summed E-state index contributed by atoms with van der Waals surface area (Å²) in [5.41, 5.74) is 12.2. The highest BCUT2D eigenvalue weighted by Gasteiger charge is 2.60. The second-order valence-electron chi connectivity index (χ2n) is 12.2. The first-order valence-corrected chi connectivity index (χ1v) is 13.7. The van der Waals surface area contributed by atoms with Gasteiger partial charge in [-0.3, -0.25) is 9.99 Å². The summed E-state index contributed by atoms with van der Waals surface area (Å²) in [4.78, 5) is 8.66. The fourth-order valence-corrected chi connectivity index (χ4v) is 6.06. The van der Waals surface area contributed by atoms with Crippen LogP contribution in [0.15, 0.2) is 42.4 Å². The number of pyridine rings is 2. The number of anilines is 2. The zero-order chi connectivity index (χ0) is 27.5. The average Bonchev–Trinajstić information content (AvgIpc) is 3.28. The standard InChI is InChI=1S/C30H33ClFN7/c1-6-19-14-33-27-22(26(19)34-16-29(3,4)5)9-20(10-23(27)31)36-28(21-7-8-25(32)35-17(21)2)24-15-39(38-37-24)30-11-18(12-30)13-30/h1,7-10,14-15,18,28,36-38H,11-13,16H2,2-5H3,(H,33,34)/t18?,28-,30?/m0/s1. The molecule has 9 heteroatoms. The van der Waals surface area contributed by atoms with E-state index >= 15 is 0 Å². The Morgan fingerprint density at radius 3 is 2.69 bits per heavy atom. The highest BCUT2D eigenvalue weighted by Crippen LogP contribution is 2.60. The van der Waals surface area contributed by atoms with E-state index in [0.29, 0.717) is 21.8 Å². The molecule has 39 heavy (non-hydrogen) atoms. The highest BCUT2D eigenvalue weighted by molar-refractivity contribution is 6.35. The fourth-order valence-electron chi connectivity index (χ4n) is 5.79. The number of terminal acetylenes is 1. The van der Waals surface area contributed by atoms with Crippen molar-refractivity contribution in [3.05, 3.63) is 70.2 Å². The maximum Gasteiger partial charge on any atom is 0.213 e. The van der Waals surface area contributed by atoms with Crippen LogP contribution in [0.2, 0.25) is 5.02 Å². The summed E-state index contributed by atoms with van der Waals surface area (Å²) in [5.74, 6) is 3.10. The Hall–Kier alpha value is -3.54. The van der Waals surface area contributed by atoms with E-state index in [9.17, 15) is 4.39 Å². The minimum Gasteiger partial charge on any atom is -0.383 e. The van der Waals surface area contributed by atoms with Crippen molar-refractivity contribution in [3.8, 4) is 12.3 Å². The number of nitrogens with one attached hydrogen (secondary N) is 4. The predicted octanol–water partition coefficient (Wildman–Crippen LogP) is 6.04. The van der Waals surface area contributed by atoms with Crippen molar-refractivity contribution in [2.75, 3.05) is 17.2 Å². The number of nitrogens with zero attached hydrogens (tertiary/aromatic N) is 3. The molecule has 3 saturated carbocycles. The minimum atomic E-state index is -0.506. The maximum absolute atomic E-state index is 14.0. The SMILES string of the molecule is C#Cc1cnc2c(Cl)cc(N[C@H](C3=CN(C45CC(C4)C5)NN3)c3ccc(F)nc3C)cc2c1NCC(C)(C)C. The Kier molecular flexibility index (Phi) is 6.12. The molecule has 1 atom stereocenters. The quantitative estimate of drug-likeness (QED) is 0.213. The zero-order valence-corrected chi connectivity index (χ0v) is 23.4. The van der Waals surface area contributed by atoms with Crippen LogP contribution in [0.3, 0.4) is 0 Å². The van der Waals surface area contributed by atoms with Crippen molar-refractivity contribution in [2.24, 2.45) is 11.3 Å². The molecule has 3 fully saturated rings. The molecular formula is C30H33ClFN7. The van der Waals surface area contributed by atoms with Crippen molar-refractivity contribution in [1.29, 1.82) is 0 Å². The summed E-state index contributed by atoms with van der Waals surface area (Å²) in [6.07, 6.45) is 13.3. The topological polar surface area (TPSA) is 77.1 Å². The van der Waals surface area contributed by atoms with Gasteiger partial charge < -0.3 is 16.1 Å². The van der Waals surface area contributed by atoms with Crippen molar-refractivity contribution in [3.63, 3.8) is 0 Å². The lowest BCUT2D eigenvalue weighted by atomic mass is 9.49. The third-order valence-electron chi connectivity index (χ3n) is 8.01. The molecule has 4 aliphatic rings. The van der Waals surface area contributed by atoms with Crippen LogP contribution in [-0.2, 0) is 0 Å². The van der Waals surface area contributed by atoms with E-state index in [1.165, 1.54) is 25.3 Å². The predicted molar refractivity (Wildman–Crippen MR) is 154 cm³/mol. The van der Waals surface area contributed by atoms with Gasteiger partial charge in [0.05, 0.1) is 39.1 Å². The van der Waals surface area contributed by atoms with Crippen LogP contribution in [0.5, 0.6) is 0 Å². The summed E-state index contributed by atoms with van der Waals surface area (Å²) >= 11 is 6.78. The molecule has 202 valence electrons. The smallest absolute Gasteiger partial charge is 0.213 e. The van der Waals surface area contributed by atoms with Crippen LogP contribution in [0.4, 0.5) is 15.8 Å². The maximum atomic E-state index is 14.0. The summed E-state index contributed by atoms with van der Waals surface area (Å²) in [5, 5.41) is 10.7. The van der Waals surface area contributed by atoms with E-state index in [2.05, 4.69) is 69.5 Å². The Morgan fingerprint density at radius 1 is 1.28 bits per heavy atom. The number of benzene rings is 1. The Bertz CT molecular complexity index is 1520. The van der Waals surface area contributed by atoms with Gasteiger partial charge in [-0.25, -0.2) is 4.98 Å². The molecule has 0 radical (unpaired) electrons. The van der Waals surface area contributed by atoms with Gasteiger partial charge >= 0.3 is 0 Å². The highest BCUT2D eigenvalue weighted by atomic mass is 35.5. The van der Waals surface area contributed by atoms with E-state index in [1.807, 2.05) is 19.1 Å². The zero-order valence-electron chi connectivity index (χ0n) is 22.6. The van der Waals surface area contributed by atoms with Crippen molar-refractivity contribution >= 4 is 33.9 Å². The van der Waals surface area contributed by atoms with Gasteiger partial charge in [0.15, 0.2) is 0 Å². The third-order valence-corrected chi connectivity index (χ3v) is 8.30. The van der Waals surface area contributed by atoms with Gasteiger partial charge in [-0.1, -0.05) is 44.4 Å². The van der Waals surface area contributed by atoms with Crippen molar-refractivity contribution < 1.29 is 4.39 Å². The van der Waals surface area contributed by atoms with E-state index in [0.717, 1.165) is 40.5 Å². The second kappa shape index (κ2) is 9.29. The monoisotopic (exact) mass is 545 g/mol. The molecule has 3 aliphatic carbocycles. The van der Waals surface area contributed by atoms with Crippen molar-refractivity contribution in [1.82, 2.24) is 25.9 Å². The van der Waals surface area contributed by atoms with Crippen LogP contribution in [0.25, 0.3) is 10.9 Å².